The number of ether oxygens (including phenoxy) is 1. The molecule has 40 heavy (non-hydrogen) atoms. The summed E-state index contributed by atoms with van der Waals surface area (Å²) >= 11 is 0. The highest BCUT2D eigenvalue weighted by Gasteiger charge is 2.23. The van der Waals surface area contributed by atoms with Crippen LogP contribution in [0.3, 0.4) is 0 Å². The Kier molecular flexibility index (Phi) is 7.50. The molecule has 0 bridgehead atoms. The minimum Gasteiger partial charge on any atom is -0.493 e. The van der Waals surface area contributed by atoms with E-state index in [1.165, 1.54) is 0 Å². The van der Waals surface area contributed by atoms with Gasteiger partial charge in [-0.2, -0.15) is 5.10 Å². The predicted molar refractivity (Wildman–Crippen MR) is 154 cm³/mol. The van der Waals surface area contributed by atoms with Crippen molar-refractivity contribution in [2.24, 2.45) is 0 Å². The fraction of sp³-hybridized carbons (Fsp3) is 0.400. The summed E-state index contributed by atoms with van der Waals surface area (Å²) in [6.07, 6.45) is 8.13. The number of aliphatic carboxylic acids is 1. The zero-order chi connectivity index (χ0) is 27.5. The monoisotopic (exact) mass is 541 g/mol. The van der Waals surface area contributed by atoms with E-state index in [1.807, 2.05) is 24.4 Å². The number of carboxylic acids is 1. The van der Waals surface area contributed by atoms with Gasteiger partial charge in [-0.05, 0) is 61.9 Å². The van der Waals surface area contributed by atoms with Crippen molar-refractivity contribution < 1.29 is 14.6 Å². The van der Waals surface area contributed by atoms with E-state index in [-0.39, 0.29) is 6.42 Å². The Morgan fingerprint density at radius 3 is 2.83 bits per heavy atom. The van der Waals surface area contributed by atoms with Crippen molar-refractivity contribution in [2.45, 2.75) is 31.7 Å². The molecule has 6 rings (SSSR count). The standard InChI is InChI=1S/C30H35N7O3/c1-35-10-12-36(13-11-35)24-15-21(18-31-20-24)29(17-30(38)39)37-28-7-5-25(16-22(28)19-33-37)40-14-8-23-4-6-26-27(34-23)3-2-9-32-26/h4-7,15-16,18-20,29,32H,2-3,8-14,17H2,1H3,(H,38,39). The van der Waals surface area contributed by atoms with E-state index >= 15 is 0 Å². The number of aryl methyl sites for hydroxylation is 1. The van der Waals surface area contributed by atoms with Crippen LogP contribution in [0.5, 0.6) is 5.75 Å². The average molecular weight is 542 g/mol. The number of pyridine rings is 2. The Morgan fingerprint density at radius 2 is 1.98 bits per heavy atom. The van der Waals surface area contributed by atoms with E-state index in [0.717, 1.165) is 97.0 Å². The topological polar surface area (TPSA) is 109 Å². The molecule has 1 unspecified atom stereocenters. The molecule has 2 N–H and O–H groups in total. The van der Waals surface area contributed by atoms with Gasteiger partial charge in [0.25, 0.3) is 0 Å². The maximum Gasteiger partial charge on any atom is 0.305 e. The Balaban J connectivity index is 1.18. The van der Waals surface area contributed by atoms with Crippen LogP contribution in [-0.2, 0) is 17.6 Å². The van der Waals surface area contributed by atoms with Crippen molar-refractivity contribution in [3.8, 4) is 5.75 Å². The molecule has 0 saturated carbocycles. The summed E-state index contributed by atoms with van der Waals surface area (Å²) in [7, 11) is 2.12. The van der Waals surface area contributed by atoms with Crippen LogP contribution in [0.1, 0.15) is 35.8 Å². The van der Waals surface area contributed by atoms with Gasteiger partial charge in [0, 0.05) is 56.4 Å². The van der Waals surface area contributed by atoms with Crippen LogP contribution in [0.15, 0.2) is 55.0 Å². The minimum atomic E-state index is -0.884. The van der Waals surface area contributed by atoms with E-state index < -0.39 is 12.0 Å². The average Bonchev–Trinajstić information content (AvgIpc) is 3.39. The van der Waals surface area contributed by atoms with E-state index in [4.69, 9.17) is 9.72 Å². The third-order valence-electron chi connectivity index (χ3n) is 7.79. The van der Waals surface area contributed by atoms with Gasteiger partial charge in [0.2, 0.25) is 0 Å². The zero-order valence-corrected chi connectivity index (χ0v) is 22.8. The van der Waals surface area contributed by atoms with Gasteiger partial charge in [0.1, 0.15) is 5.75 Å². The number of benzene rings is 1. The van der Waals surface area contributed by atoms with Crippen LogP contribution in [0, 0.1) is 0 Å². The fourth-order valence-electron chi connectivity index (χ4n) is 5.53. The number of hydrogen-bond donors (Lipinski definition) is 2. The summed E-state index contributed by atoms with van der Waals surface area (Å²) in [5.74, 6) is -0.134. The smallest absolute Gasteiger partial charge is 0.305 e. The molecule has 1 fully saturated rings. The number of likely N-dealkylation sites (N-methyl/N-ethyl adjacent to an activating group) is 1. The molecule has 10 nitrogen and oxygen atoms in total. The van der Waals surface area contributed by atoms with Crippen molar-refractivity contribution in [1.29, 1.82) is 0 Å². The summed E-state index contributed by atoms with van der Waals surface area (Å²) in [6.45, 7) is 5.33. The second-order valence-corrected chi connectivity index (χ2v) is 10.6. The number of carboxylic acid groups (broad SMARTS) is 1. The Morgan fingerprint density at radius 1 is 1.10 bits per heavy atom. The molecular weight excluding hydrogens is 506 g/mol. The number of nitrogens with zero attached hydrogens (tertiary/aromatic N) is 6. The first-order valence-corrected chi connectivity index (χ1v) is 14.0. The van der Waals surface area contributed by atoms with Gasteiger partial charge >= 0.3 is 5.97 Å². The first-order valence-electron chi connectivity index (χ1n) is 14.0. The number of carbonyl (C=O) groups is 1. The second kappa shape index (κ2) is 11.5. The quantitative estimate of drug-likeness (QED) is 0.328. The number of rotatable bonds is 9. The first kappa shape index (κ1) is 26.1. The van der Waals surface area contributed by atoms with Crippen LogP contribution in [-0.4, -0.2) is 82.1 Å². The molecule has 3 aromatic heterocycles. The fourth-order valence-corrected chi connectivity index (χ4v) is 5.53. The molecule has 0 radical (unpaired) electrons. The van der Waals surface area contributed by atoms with Crippen molar-refractivity contribution in [1.82, 2.24) is 24.6 Å². The normalized spacial score (nSPS) is 16.4. The lowest BCUT2D eigenvalue weighted by molar-refractivity contribution is -0.137. The molecule has 1 aromatic carbocycles. The van der Waals surface area contributed by atoms with Gasteiger partial charge in [-0.1, -0.05) is 0 Å². The number of aromatic nitrogens is 4. The Hall–Kier alpha value is -4.18. The molecular formula is C30H35N7O3. The number of hydrogen-bond acceptors (Lipinski definition) is 8. The largest absolute Gasteiger partial charge is 0.493 e. The molecule has 5 heterocycles. The van der Waals surface area contributed by atoms with Crippen LogP contribution < -0.4 is 15.0 Å². The number of anilines is 2. The summed E-state index contributed by atoms with van der Waals surface area (Å²) < 4.78 is 7.86. The molecule has 0 aliphatic carbocycles. The maximum absolute atomic E-state index is 11.9. The zero-order valence-electron chi connectivity index (χ0n) is 22.8. The highest BCUT2D eigenvalue weighted by molar-refractivity contribution is 5.81. The van der Waals surface area contributed by atoms with Gasteiger partial charge in [-0.25, -0.2) is 0 Å². The molecule has 4 aromatic rings. The van der Waals surface area contributed by atoms with E-state index in [0.29, 0.717) is 6.61 Å². The summed E-state index contributed by atoms with van der Waals surface area (Å²) in [5, 5.41) is 18.7. The van der Waals surface area contributed by atoms with Gasteiger partial charge in [-0.3, -0.25) is 19.4 Å². The van der Waals surface area contributed by atoms with Gasteiger partial charge in [0.15, 0.2) is 0 Å². The summed E-state index contributed by atoms with van der Waals surface area (Å²) in [6, 6.07) is 11.6. The number of nitrogens with one attached hydrogen (secondary N) is 1. The molecule has 208 valence electrons. The number of fused-ring (bicyclic) bond motifs is 2. The van der Waals surface area contributed by atoms with E-state index in [2.05, 4.69) is 50.4 Å². The summed E-state index contributed by atoms with van der Waals surface area (Å²) in [4.78, 5) is 25.8. The van der Waals surface area contributed by atoms with Crippen molar-refractivity contribution in [3.63, 3.8) is 0 Å². The predicted octanol–water partition coefficient (Wildman–Crippen LogP) is 3.62. The second-order valence-electron chi connectivity index (χ2n) is 10.6. The third kappa shape index (κ3) is 5.72. The summed E-state index contributed by atoms with van der Waals surface area (Å²) in [5.41, 5.74) is 6.00. The highest BCUT2D eigenvalue weighted by atomic mass is 16.5. The van der Waals surface area contributed by atoms with Gasteiger partial charge in [0.05, 0.1) is 54.0 Å². The lowest BCUT2D eigenvalue weighted by Crippen LogP contribution is -2.44. The van der Waals surface area contributed by atoms with Gasteiger partial charge in [-0.15, -0.1) is 0 Å². The van der Waals surface area contributed by atoms with E-state index in [1.54, 1.807) is 17.1 Å². The van der Waals surface area contributed by atoms with E-state index in [9.17, 15) is 9.90 Å². The molecule has 10 heteroatoms. The van der Waals surface area contributed by atoms with Crippen LogP contribution in [0.4, 0.5) is 11.4 Å². The Labute approximate surface area is 233 Å². The molecule has 2 aliphatic rings. The first-order chi connectivity index (χ1) is 19.5. The van der Waals surface area contributed by atoms with Crippen molar-refractivity contribution in [3.05, 3.63) is 71.9 Å². The van der Waals surface area contributed by atoms with Crippen molar-refractivity contribution in [2.75, 3.05) is 56.6 Å². The molecule has 1 atom stereocenters. The highest BCUT2D eigenvalue weighted by Crippen LogP contribution is 2.30. The van der Waals surface area contributed by atoms with Crippen molar-refractivity contribution >= 4 is 28.2 Å². The molecule has 0 amide bonds. The van der Waals surface area contributed by atoms with Crippen LogP contribution in [0.25, 0.3) is 10.9 Å². The lowest BCUT2D eigenvalue weighted by atomic mass is 10.0. The lowest BCUT2D eigenvalue weighted by Gasteiger charge is -2.34. The third-order valence-corrected chi connectivity index (χ3v) is 7.79. The van der Waals surface area contributed by atoms with Crippen LogP contribution >= 0.6 is 0 Å². The SMILES string of the molecule is CN1CCN(c2cncc(C(CC(=O)O)n3ncc4cc(OCCc5ccc6c(n5)CCCN6)ccc43)c2)CC1. The molecule has 0 spiro atoms. The van der Waals surface area contributed by atoms with Gasteiger partial charge < -0.3 is 25.0 Å². The molecule has 2 aliphatic heterocycles. The minimum absolute atomic E-state index is 0.0911. The maximum atomic E-state index is 11.9. The Bertz CT molecular complexity index is 1500. The van der Waals surface area contributed by atoms with Crippen LogP contribution in [0.2, 0.25) is 0 Å². The number of piperazine rings is 1. The molecule has 1 saturated heterocycles.